The highest BCUT2D eigenvalue weighted by atomic mass is 16.6. The minimum atomic E-state index is -0.530. The summed E-state index contributed by atoms with van der Waals surface area (Å²) in [5, 5.41) is 15.8. The van der Waals surface area contributed by atoms with E-state index in [1.54, 1.807) is 0 Å². The van der Waals surface area contributed by atoms with E-state index in [4.69, 9.17) is 14.6 Å². The van der Waals surface area contributed by atoms with Crippen molar-refractivity contribution in [1.29, 1.82) is 0 Å². The van der Waals surface area contributed by atoms with Crippen molar-refractivity contribution in [1.82, 2.24) is 15.1 Å². The average Bonchev–Trinajstić information content (AvgIpc) is 2.62. The minimum absolute atomic E-state index is 0.115. The third-order valence-electron chi connectivity index (χ3n) is 3.87. The molecule has 0 aliphatic rings. The van der Waals surface area contributed by atoms with E-state index in [2.05, 4.69) is 10.4 Å². The van der Waals surface area contributed by atoms with Gasteiger partial charge in [-0.3, -0.25) is 4.79 Å². The second-order valence-electron chi connectivity index (χ2n) is 7.22. The van der Waals surface area contributed by atoms with E-state index in [9.17, 15) is 9.59 Å². The van der Waals surface area contributed by atoms with Gasteiger partial charge in [-0.1, -0.05) is 24.3 Å². The van der Waals surface area contributed by atoms with E-state index < -0.39 is 11.7 Å². The van der Waals surface area contributed by atoms with Crippen LogP contribution >= 0.6 is 0 Å². The second kappa shape index (κ2) is 9.36. The fraction of sp³-hybridized carbons (Fsp3) is 0.450. The smallest absolute Gasteiger partial charge is 0.407 e. The number of nitrogens with zero attached hydrogens (tertiary/aromatic N) is 2. The first-order valence-electron chi connectivity index (χ1n) is 9.06. The molecule has 1 amide bonds. The van der Waals surface area contributed by atoms with Gasteiger partial charge in [-0.2, -0.15) is 5.10 Å². The monoisotopic (exact) mass is 389 g/mol. The van der Waals surface area contributed by atoms with Gasteiger partial charge >= 0.3 is 6.09 Å². The van der Waals surface area contributed by atoms with Crippen molar-refractivity contribution >= 4 is 6.09 Å². The van der Waals surface area contributed by atoms with Gasteiger partial charge in [-0.05, 0) is 38.3 Å². The van der Waals surface area contributed by atoms with E-state index in [1.807, 2.05) is 45.0 Å². The molecule has 0 atom stereocenters. The zero-order valence-corrected chi connectivity index (χ0v) is 16.7. The Kier molecular flexibility index (Phi) is 7.17. The minimum Gasteiger partial charge on any atom is -0.494 e. The molecule has 0 spiro atoms. The summed E-state index contributed by atoms with van der Waals surface area (Å²) < 4.78 is 11.7. The standard InChI is InChI=1S/C20H27N3O5/c1-20(2,3)28-19(26)21-10-9-14-5-7-15(8-6-14)17-16(27-4)13-22-23(11-12-24)18(17)25/h5-8,13,24H,9-12H2,1-4H3,(H,21,26). The van der Waals surface area contributed by atoms with Crippen LogP contribution < -0.4 is 15.6 Å². The number of hydrogen-bond acceptors (Lipinski definition) is 6. The number of hydrogen-bond donors (Lipinski definition) is 2. The predicted molar refractivity (Wildman–Crippen MR) is 106 cm³/mol. The SMILES string of the molecule is COc1cnn(CCO)c(=O)c1-c1ccc(CCNC(=O)OC(C)(C)C)cc1. The predicted octanol–water partition coefficient (Wildman–Crippen LogP) is 1.98. The number of rotatable bonds is 7. The lowest BCUT2D eigenvalue weighted by Crippen LogP contribution is -2.33. The Morgan fingerprint density at radius 2 is 1.93 bits per heavy atom. The Hall–Kier alpha value is -2.87. The Morgan fingerprint density at radius 1 is 1.25 bits per heavy atom. The molecule has 0 saturated heterocycles. The number of methoxy groups -OCH3 is 1. The maximum atomic E-state index is 12.6. The Balaban J connectivity index is 2.10. The summed E-state index contributed by atoms with van der Waals surface area (Å²) in [6, 6.07) is 7.43. The molecule has 2 aromatic rings. The Labute approximate surface area is 164 Å². The van der Waals surface area contributed by atoms with Gasteiger partial charge in [-0.15, -0.1) is 0 Å². The molecule has 0 fully saturated rings. The van der Waals surface area contributed by atoms with Gasteiger partial charge in [0.25, 0.3) is 5.56 Å². The molecule has 1 aromatic heterocycles. The molecule has 0 radical (unpaired) electrons. The summed E-state index contributed by atoms with van der Waals surface area (Å²) in [5.74, 6) is 0.374. The summed E-state index contributed by atoms with van der Waals surface area (Å²) >= 11 is 0. The lowest BCUT2D eigenvalue weighted by atomic mass is 10.0. The van der Waals surface area contributed by atoms with Crippen molar-refractivity contribution in [2.24, 2.45) is 0 Å². The number of aliphatic hydroxyl groups is 1. The Morgan fingerprint density at radius 3 is 2.50 bits per heavy atom. The molecule has 1 aromatic carbocycles. The molecule has 2 N–H and O–H groups in total. The van der Waals surface area contributed by atoms with Gasteiger partial charge in [0.05, 0.1) is 32.0 Å². The van der Waals surface area contributed by atoms with Crippen LogP contribution in [0.1, 0.15) is 26.3 Å². The van der Waals surface area contributed by atoms with E-state index in [0.717, 1.165) is 5.56 Å². The first-order valence-corrected chi connectivity index (χ1v) is 9.06. The fourth-order valence-electron chi connectivity index (χ4n) is 2.61. The van der Waals surface area contributed by atoms with Gasteiger partial charge < -0.3 is 19.9 Å². The van der Waals surface area contributed by atoms with Gasteiger partial charge in [0.1, 0.15) is 5.60 Å². The maximum absolute atomic E-state index is 12.6. The highest BCUT2D eigenvalue weighted by molar-refractivity contribution is 5.69. The van der Waals surface area contributed by atoms with Crippen LogP contribution in [-0.2, 0) is 17.7 Å². The molecule has 28 heavy (non-hydrogen) atoms. The van der Waals surface area contributed by atoms with Crippen LogP contribution in [0, 0.1) is 0 Å². The molecule has 0 bridgehead atoms. The molecule has 0 aliphatic carbocycles. The van der Waals surface area contributed by atoms with Gasteiger partial charge in [0.2, 0.25) is 0 Å². The number of amides is 1. The van der Waals surface area contributed by atoms with Gasteiger partial charge in [0.15, 0.2) is 5.75 Å². The molecule has 2 rings (SSSR count). The zero-order chi connectivity index (χ0) is 20.7. The lowest BCUT2D eigenvalue weighted by Gasteiger charge is -2.19. The molecule has 8 nitrogen and oxygen atoms in total. The quantitative estimate of drug-likeness (QED) is 0.751. The number of carbonyl (C=O) groups excluding carboxylic acids is 1. The summed E-state index contributed by atoms with van der Waals surface area (Å²) in [7, 11) is 1.48. The molecule has 0 aliphatic heterocycles. The van der Waals surface area contributed by atoms with Gasteiger partial charge in [-0.25, -0.2) is 9.48 Å². The average molecular weight is 389 g/mol. The zero-order valence-electron chi connectivity index (χ0n) is 16.7. The van der Waals surface area contributed by atoms with Crippen LogP contribution in [-0.4, -0.2) is 46.8 Å². The molecule has 8 heteroatoms. The molecule has 0 unspecified atom stereocenters. The molecular weight excluding hydrogens is 362 g/mol. The number of nitrogens with one attached hydrogen (secondary N) is 1. The van der Waals surface area contributed by atoms with Crippen LogP contribution in [0.4, 0.5) is 4.79 Å². The third kappa shape index (κ3) is 5.82. The third-order valence-corrected chi connectivity index (χ3v) is 3.87. The van der Waals surface area contributed by atoms with Crippen LogP contribution in [0.15, 0.2) is 35.3 Å². The summed E-state index contributed by atoms with van der Waals surface area (Å²) in [4.78, 5) is 24.3. The van der Waals surface area contributed by atoms with Crippen molar-refractivity contribution in [2.75, 3.05) is 20.3 Å². The largest absolute Gasteiger partial charge is 0.494 e. The fourth-order valence-corrected chi connectivity index (χ4v) is 2.61. The molecule has 152 valence electrons. The summed E-state index contributed by atoms with van der Waals surface area (Å²) in [6.45, 7) is 5.82. The van der Waals surface area contributed by atoms with E-state index in [1.165, 1.54) is 18.0 Å². The lowest BCUT2D eigenvalue weighted by molar-refractivity contribution is 0.0528. The topological polar surface area (TPSA) is 103 Å². The molecule has 0 saturated carbocycles. The number of alkyl carbamates (subject to hydrolysis) is 1. The molecular formula is C20H27N3O5. The highest BCUT2D eigenvalue weighted by Crippen LogP contribution is 2.25. The maximum Gasteiger partial charge on any atom is 0.407 e. The van der Waals surface area contributed by atoms with Crippen molar-refractivity contribution in [3.05, 3.63) is 46.4 Å². The van der Waals surface area contributed by atoms with E-state index in [-0.39, 0.29) is 18.7 Å². The van der Waals surface area contributed by atoms with Crippen LogP contribution in [0.25, 0.3) is 11.1 Å². The summed E-state index contributed by atoms with van der Waals surface area (Å²) in [6.07, 6.45) is 1.64. The number of benzene rings is 1. The first-order chi connectivity index (χ1) is 13.2. The van der Waals surface area contributed by atoms with Crippen LogP contribution in [0.3, 0.4) is 0 Å². The Bertz CT molecular complexity index is 854. The van der Waals surface area contributed by atoms with Gasteiger partial charge in [0, 0.05) is 6.54 Å². The second-order valence-corrected chi connectivity index (χ2v) is 7.22. The molecule has 1 heterocycles. The normalized spacial score (nSPS) is 11.2. The van der Waals surface area contributed by atoms with Crippen LogP contribution in [0.5, 0.6) is 5.75 Å². The number of aliphatic hydroxyl groups excluding tert-OH is 1. The number of ether oxygens (including phenoxy) is 2. The highest BCUT2D eigenvalue weighted by Gasteiger charge is 2.16. The van der Waals surface area contributed by atoms with E-state index >= 15 is 0 Å². The van der Waals surface area contributed by atoms with Crippen LogP contribution in [0.2, 0.25) is 0 Å². The van der Waals surface area contributed by atoms with E-state index in [0.29, 0.717) is 29.8 Å². The van der Waals surface area contributed by atoms with Crippen molar-refractivity contribution in [2.45, 2.75) is 39.3 Å². The number of aromatic nitrogens is 2. The first kappa shape index (κ1) is 21.4. The van der Waals surface area contributed by atoms with Crippen molar-refractivity contribution in [3.63, 3.8) is 0 Å². The van der Waals surface area contributed by atoms with Crippen molar-refractivity contribution in [3.8, 4) is 16.9 Å². The van der Waals surface area contributed by atoms with Crippen molar-refractivity contribution < 1.29 is 19.4 Å². The summed E-state index contributed by atoms with van der Waals surface area (Å²) in [5.41, 5.74) is 1.23. The number of carbonyl (C=O) groups is 1.